The molecule has 2 heteroatoms. The molecule has 2 nitrogen and oxygen atoms in total. The summed E-state index contributed by atoms with van der Waals surface area (Å²) in [7, 11) is 0. The van der Waals surface area contributed by atoms with E-state index in [-0.39, 0.29) is 0 Å². The van der Waals surface area contributed by atoms with E-state index in [1.807, 2.05) is 36.4 Å². The second-order valence-corrected chi connectivity index (χ2v) is 3.24. The lowest BCUT2D eigenvalue weighted by molar-refractivity contribution is -0.104. The molecule has 0 spiro atoms. The molecule has 2 rings (SSSR count). The fourth-order valence-electron chi connectivity index (χ4n) is 1.14. The smallest absolute Gasteiger partial charge is 0.142 e. The molecule has 0 aliphatic heterocycles. The second kappa shape index (κ2) is 7.88. The van der Waals surface area contributed by atoms with Crippen molar-refractivity contribution in [3.63, 3.8) is 0 Å². The first-order chi connectivity index (χ1) is 8.33. The van der Waals surface area contributed by atoms with Gasteiger partial charge in [-0.3, -0.25) is 4.79 Å². The summed E-state index contributed by atoms with van der Waals surface area (Å²) in [5, 5.41) is 8.63. The van der Waals surface area contributed by atoms with Crippen LogP contribution in [0.5, 0.6) is 5.75 Å². The third-order valence-electron chi connectivity index (χ3n) is 1.92. The Morgan fingerprint density at radius 1 is 0.824 bits per heavy atom. The average Bonchev–Trinajstić information content (AvgIpc) is 2.39. The van der Waals surface area contributed by atoms with Gasteiger partial charge in [-0.2, -0.15) is 0 Å². The fraction of sp³-hybridized carbons (Fsp3) is 0. The summed E-state index contributed by atoms with van der Waals surface area (Å²) >= 11 is 0. The van der Waals surface area contributed by atoms with Gasteiger partial charge in [-0.1, -0.05) is 54.6 Å². The number of carbonyl (C=O) groups is 1. The van der Waals surface area contributed by atoms with Gasteiger partial charge in [-0.05, 0) is 23.8 Å². The lowest BCUT2D eigenvalue weighted by Crippen LogP contribution is -1.67. The van der Waals surface area contributed by atoms with Gasteiger partial charge in [0, 0.05) is 0 Å². The highest BCUT2D eigenvalue weighted by Gasteiger charge is 1.79. The third-order valence-corrected chi connectivity index (χ3v) is 1.92. The first-order valence-corrected chi connectivity index (χ1v) is 5.24. The second-order valence-electron chi connectivity index (χ2n) is 3.24. The molecule has 86 valence electrons. The summed E-state index contributed by atoms with van der Waals surface area (Å²) in [6.45, 7) is 0. The summed E-state index contributed by atoms with van der Waals surface area (Å²) in [6, 6.07) is 18.4. The number of carbonyl (C=O) groups excluding carboxylic acids is 1. The highest BCUT2D eigenvalue weighted by Crippen LogP contribution is 2.02. The van der Waals surface area contributed by atoms with Gasteiger partial charge in [-0.25, -0.2) is 0 Å². The maximum atomic E-state index is 9.89. The number of phenols is 1. The molecule has 0 heterocycles. The van der Waals surface area contributed by atoms with Crippen molar-refractivity contribution in [1.82, 2.24) is 0 Å². The topological polar surface area (TPSA) is 37.3 Å². The zero-order valence-electron chi connectivity index (χ0n) is 9.36. The SMILES string of the molecule is O=C/C=C/c1ccccc1.Oc1ccccc1. The molecule has 0 atom stereocenters. The van der Waals surface area contributed by atoms with Gasteiger partial charge in [0.05, 0.1) is 0 Å². The van der Waals surface area contributed by atoms with Crippen LogP contribution in [0, 0.1) is 0 Å². The first kappa shape index (κ1) is 12.7. The molecule has 2 aromatic carbocycles. The normalized spacial score (nSPS) is 9.41. The van der Waals surface area contributed by atoms with E-state index in [2.05, 4.69) is 0 Å². The number of hydrogen-bond acceptors (Lipinski definition) is 2. The number of rotatable bonds is 2. The monoisotopic (exact) mass is 226 g/mol. The Kier molecular flexibility index (Phi) is 5.89. The van der Waals surface area contributed by atoms with E-state index in [4.69, 9.17) is 5.11 Å². The molecule has 0 saturated carbocycles. The van der Waals surface area contributed by atoms with E-state index >= 15 is 0 Å². The van der Waals surface area contributed by atoms with Gasteiger partial charge in [0.1, 0.15) is 12.0 Å². The van der Waals surface area contributed by atoms with Crippen molar-refractivity contribution in [3.05, 3.63) is 72.3 Å². The predicted molar refractivity (Wildman–Crippen MR) is 69.6 cm³/mol. The van der Waals surface area contributed by atoms with Crippen molar-refractivity contribution in [2.45, 2.75) is 0 Å². The zero-order valence-corrected chi connectivity index (χ0v) is 9.36. The van der Waals surface area contributed by atoms with E-state index in [0.717, 1.165) is 11.8 Å². The maximum Gasteiger partial charge on any atom is 0.142 e. The number of allylic oxidation sites excluding steroid dienone is 1. The third kappa shape index (κ3) is 5.95. The Labute approximate surface area is 101 Å². The van der Waals surface area contributed by atoms with E-state index < -0.39 is 0 Å². The molecule has 17 heavy (non-hydrogen) atoms. The van der Waals surface area contributed by atoms with Crippen molar-refractivity contribution >= 4 is 12.4 Å². The van der Waals surface area contributed by atoms with E-state index in [9.17, 15) is 4.79 Å². The van der Waals surface area contributed by atoms with Crippen LogP contribution in [0.1, 0.15) is 5.56 Å². The number of benzene rings is 2. The molecule has 2 aromatic rings. The standard InChI is InChI=1S/C9H8O.C6H6O/c10-8-4-7-9-5-2-1-3-6-9;7-6-4-2-1-3-5-6/h1-8H;1-5,7H/b7-4+;. The van der Waals surface area contributed by atoms with Crippen molar-refractivity contribution in [2.24, 2.45) is 0 Å². The van der Waals surface area contributed by atoms with Crippen molar-refractivity contribution in [3.8, 4) is 5.75 Å². The van der Waals surface area contributed by atoms with Crippen molar-refractivity contribution in [2.75, 3.05) is 0 Å². The maximum absolute atomic E-state index is 9.89. The highest BCUT2D eigenvalue weighted by atomic mass is 16.3. The fourth-order valence-corrected chi connectivity index (χ4v) is 1.14. The van der Waals surface area contributed by atoms with Gasteiger partial charge in [0.25, 0.3) is 0 Å². The highest BCUT2D eigenvalue weighted by molar-refractivity contribution is 5.73. The number of para-hydroxylation sites is 1. The minimum atomic E-state index is 0.322. The zero-order chi connectivity index (χ0) is 12.3. The van der Waals surface area contributed by atoms with Gasteiger partial charge >= 0.3 is 0 Å². The Hall–Kier alpha value is -2.35. The van der Waals surface area contributed by atoms with Gasteiger partial charge in [-0.15, -0.1) is 0 Å². The Balaban J connectivity index is 0.000000181. The Bertz CT molecular complexity index is 447. The van der Waals surface area contributed by atoms with Crippen LogP contribution in [0.15, 0.2) is 66.7 Å². The summed E-state index contributed by atoms with van der Waals surface area (Å²) in [5.41, 5.74) is 1.05. The van der Waals surface area contributed by atoms with E-state index in [0.29, 0.717) is 5.75 Å². The molecule has 0 aliphatic carbocycles. The lowest BCUT2D eigenvalue weighted by Gasteiger charge is -1.86. The molecule has 0 radical (unpaired) electrons. The van der Waals surface area contributed by atoms with Crippen LogP contribution in [-0.2, 0) is 4.79 Å². The summed E-state index contributed by atoms with van der Waals surface area (Å²) in [4.78, 5) is 9.89. The molecule has 0 amide bonds. The minimum absolute atomic E-state index is 0.322. The van der Waals surface area contributed by atoms with Crippen LogP contribution in [0.25, 0.3) is 6.08 Å². The van der Waals surface area contributed by atoms with Crippen LogP contribution >= 0.6 is 0 Å². The number of aldehydes is 1. The molecule has 0 saturated heterocycles. The summed E-state index contributed by atoms with van der Waals surface area (Å²) in [6.07, 6.45) is 4.02. The number of phenolic OH excluding ortho intramolecular Hbond substituents is 1. The number of hydrogen-bond donors (Lipinski definition) is 1. The molecule has 1 N–H and O–H groups in total. The lowest BCUT2D eigenvalue weighted by atomic mass is 10.2. The van der Waals surface area contributed by atoms with Crippen molar-refractivity contribution < 1.29 is 9.90 Å². The average molecular weight is 226 g/mol. The van der Waals surface area contributed by atoms with E-state index in [1.165, 1.54) is 6.08 Å². The molecule has 0 aliphatic rings. The van der Waals surface area contributed by atoms with Crippen LogP contribution in [0.3, 0.4) is 0 Å². The predicted octanol–water partition coefficient (Wildman–Crippen LogP) is 3.29. The Morgan fingerprint density at radius 2 is 1.35 bits per heavy atom. The Morgan fingerprint density at radius 3 is 1.76 bits per heavy atom. The van der Waals surface area contributed by atoms with E-state index in [1.54, 1.807) is 30.3 Å². The molecule has 0 unspecified atom stereocenters. The van der Waals surface area contributed by atoms with Crippen LogP contribution < -0.4 is 0 Å². The van der Waals surface area contributed by atoms with Crippen molar-refractivity contribution in [1.29, 1.82) is 0 Å². The van der Waals surface area contributed by atoms with Gasteiger partial charge in [0.2, 0.25) is 0 Å². The summed E-state index contributed by atoms with van der Waals surface area (Å²) in [5.74, 6) is 0.322. The summed E-state index contributed by atoms with van der Waals surface area (Å²) < 4.78 is 0. The molecular formula is C15H14O2. The molecular weight excluding hydrogens is 212 g/mol. The van der Waals surface area contributed by atoms with Gasteiger partial charge < -0.3 is 5.11 Å². The van der Waals surface area contributed by atoms with Crippen LogP contribution in [0.4, 0.5) is 0 Å². The van der Waals surface area contributed by atoms with Gasteiger partial charge in [0.15, 0.2) is 0 Å². The molecule has 0 aromatic heterocycles. The minimum Gasteiger partial charge on any atom is -0.508 e. The first-order valence-electron chi connectivity index (χ1n) is 5.24. The quantitative estimate of drug-likeness (QED) is 0.630. The largest absolute Gasteiger partial charge is 0.508 e. The van der Waals surface area contributed by atoms with Crippen LogP contribution in [0.2, 0.25) is 0 Å². The molecule has 0 fully saturated rings. The molecule has 0 bridgehead atoms. The van der Waals surface area contributed by atoms with Crippen LogP contribution in [-0.4, -0.2) is 11.4 Å². The number of aromatic hydroxyl groups is 1.